The molecule has 0 aromatic carbocycles. The van der Waals surface area contributed by atoms with Crippen molar-refractivity contribution in [2.75, 3.05) is 34.7 Å². The van der Waals surface area contributed by atoms with Crippen LogP contribution < -0.4 is 0 Å². The summed E-state index contributed by atoms with van der Waals surface area (Å²) in [6.07, 6.45) is 0. The molecule has 0 saturated heterocycles. The van der Waals surface area contributed by atoms with Crippen LogP contribution in [0.5, 0.6) is 0 Å². The maximum Gasteiger partial charge on any atom is 0.396 e. The molecule has 0 aliphatic carbocycles. The molecule has 0 aromatic rings. The van der Waals surface area contributed by atoms with E-state index in [4.69, 9.17) is 0 Å². The van der Waals surface area contributed by atoms with Crippen molar-refractivity contribution in [2.45, 2.75) is 6.92 Å². The average molecular weight is 162 g/mol. The van der Waals surface area contributed by atoms with Gasteiger partial charge in [-0.1, -0.05) is 0 Å². The van der Waals surface area contributed by atoms with Crippen molar-refractivity contribution < 1.29 is 9.06 Å². The molecule has 0 saturated carbocycles. The summed E-state index contributed by atoms with van der Waals surface area (Å²) < 4.78 is 2.91. The first-order valence-corrected chi connectivity index (χ1v) is 3.93. The second kappa shape index (κ2) is 3.39. The highest BCUT2D eigenvalue weighted by molar-refractivity contribution is 7.96. The first-order chi connectivity index (χ1) is 4.39. The first-order valence-electron chi connectivity index (χ1n) is 3.48. The van der Waals surface area contributed by atoms with Gasteiger partial charge in [0.05, 0.1) is 21.1 Å². The number of nitrogens with zero attached hydrogens (tertiary/aromatic N) is 2. The molecule has 3 heteroatoms. The number of amidine groups is 1. The van der Waals surface area contributed by atoms with E-state index in [9.17, 15) is 0 Å². The molecule has 0 fully saturated rings. The number of hydrogen-bond donors (Lipinski definition) is 1. The van der Waals surface area contributed by atoms with Crippen LogP contribution in [0.1, 0.15) is 6.92 Å². The Morgan fingerprint density at radius 1 is 1.40 bits per heavy atom. The van der Waals surface area contributed by atoms with Gasteiger partial charge in [0.15, 0.2) is 0 Å². The van der Waals surface area contributed by atoms with Gasteiger partial charge >= 0.3 is 5.17 Å². The van der Waals surface area contributed by atoms with Crippen molar-refractivity contribution in [3.05, 3.63) is 0 Å². The summed E-state index contributed by atoms with van der Waals surface area (Å²) in [4.78, 5) is 0. The fourth-order valence-electron chi connectivity index (χ4n) is 0.654. The van der Waals surface area contributed by atoms with E-state index in [1.54, 1.807) is 0 Å². The van der Waals surface area contributed by atoms with Gasteiger partial charge in [-0.3, -0.25) is 0 Å². The van der Waals surface area contributed by atoms with Gasteiger partial charge in [-0.25, -0.2) is 4.48 Å². The third-order valence-electron chi connectivity index (χ3n) is 1.42. The second-order valence-electron chi connectivity index (χ2n) is 3.33. The largest absolute Gasteiger partial charge is 0.396 e. The van der Waals surface area contributed by atoms with Crippen molar-refractivity contribution >= 4 is 17.8 Å². The molecule has 0 unspecified atom stereocenters. The molecule has 0 rings (SSSR count). The molecule has 0 aliphatic rings. The summed E-state index contributed by atoms with van der Waals surface area (Å²) in [5.74, 6) is 0. The molecule has 0 aliphatic heterocycles. The van der Waals surface area contributed by atoms with E-state index in [0.29, 0.717) is 0 Å². The summed E-state index contributed by atoms with van der Waals surface area (Å²) in [5, 5.41) is 1.09. The molecule has 0 amide bonds. The SMILES string of the molecule is CC[N+](C)=C(S)[N+](C)(C)C. The zero-order valence-electron chi connectivity index (χ0n) is 7.55. The van der Waals surface area contributed by atoms with Gasteiger partial charge in [0, 0.05) is 0 Å². The maximum atomic E-state index is 4.40. The first kappa shape index (κ1) is 9.98. The van der Waals surface area contributed by atoms with Crippen LogP contribution in [0.15, 0.2) is 0 Å². The Bertz CT molecular complexity index is 144. The third kappa shape index (κ3) is 2.71. The quantitative estimate of drug-likeness (QED) is 0.189. The van der Waals surface area contributed by atoms with Crippen LogP contribution in [0, 0.1) is 0 Å². The van der Waals surface area contributed by atoms with Gasteiger partial charge in [0.2, 0.25) is 0 Å². The highest BCUT2D eigenvalue weighted by Gasteiger charge is 2.21. The van der Waals surface area contributed by atoms with Crippen molar-refractivity contribution in [1.82, 2.24) is 0 Å². The number of hydrogen-bond acceptors (Lipinski definition) is 0. The molecule has 0 spiro atoms. The van der Waals surface area contributed by atoms with E-state index in [0.717, 1.165) is 16.2 Å². The maximum absolute atomic E-state index is 4.40. The summed E-state index contributed by atoms with van der Waals surface area (Å²) in [5.41, 5.74) is 0. The van der Waals surface area contributed by atoms with E-state index in [1.807, 2.05) is 7.05 Å². The highest BCUT2D eigenvalue weighted by atomic mass is 32.1. The zero-order valence-corrected chi connectivity index (χ0v) is 8.44. The number of rotatable bonds is 1. The van der Waals surface area contributed by atoms with Crippen LogP contribution in [-0.2, 0) is 0 Å². The Kier molecular flexibility index (Phi) is 3.39. The minimum absolute atomic E-state index is 0.785. The summed E-state index contributed by atoms with van der Waals surface area (Å²) in [6.45, 7) is 3.13. The van der Waals surface area contributed by atoms with Gasteiger partial charge in [0.25, 0.3) is 0 Å². The number of quaternary nitrogens is 1. The molecule has 60 valence electrons. The predicted molar refractivity (Wildman–Crippen MR) is 48.8 cm³/mol. The molecule has 0 bridgehead atoms. The summed E-state index contributed by atoms with van der Waals surface area (Å²) in [7, 11) is 8.36. The lowest BCUT2D eigenvalue weighted by atomic mass is 10.6. The smallest absolute Gasteiger partial charge is 0.237 e. The summed E-state index contributed by atoms with van der Waals surface area (Å²) in [6, 6.07) is 0. The Morgan fingerprint density at radius 3 is 1.90 bits per heavy atom. The predicted octanol–water partition coefficient (Wildman–Crippen LogP) is 0.641. The monoisotopic (exact) mass is 162 g/mol. The third-order valence-corrected chi connectivity index (χ3v) is 2.36. The van der Waals surface area contributed by atoms with Crippen LogP contribution in [0.25, 0.3) is 0 Å². The molecular formula is C7H18N2S+2. The van der Waals surface area contributed by atoms with E-state index in [2.05, 4.69) is 45.3 Å². The zero-order chi connectivity index (χ0) is 8.36. The van der Waals surface area contributed by atoms with E-state index < -0.39 is 0 Å². The van der Waals surface area contributed by atoms with E-state index in [1.165, 1.54) is 0 Å². The van der Waals surface area contributed by atoms with Crippen molar-refractivity contribution in [2.24, 2.45) is 0 Å². The Labute approximate surface area is 69.2 Å². The van der Waals surface area contributed by atoms with E-state index in [-0.39, 0.29) is 0 Å². The van der Waals surface area contributed by atoms with Gasteiger partial charge < -0.3 is 0 Å². The molecular weight excluding hydrogens is 144 g/mol. The molecule has 0 N–H and O–H groups in total. The second-order valence-corrected chi connectivity index (χ2v) is 3.73. The lowest BCUT2D eigenvalue weighted by molar-refractivity contribution is -0.799. The Hall–Kier alpha value is -0.0200. The van der Waals surface area contributed by atoms with Gasteiger partial charge in [0.1, 0.15) is 13.6 Å². The summed E-state index contributed by atoms with van der Waals surface area (Å²) >= 11 is 4.40. The van der Waals surface area contributed by atoms with E-state index >= 15 is 0 Å². The van der Waals surface area contributed by atoms with Crippen molar-refractivity contribution in [3.63, 3.8) is 0 Å². The average Bonchev–Trinajstić information content (AvgIpc) is 1.83. The molecule has 10 heavy (non-hydrogen) atoms. The molecule has 2 nitrogen and oxygen atoms in total. The molecule has 0 radical (unpaired) electrons. The molecule has 0 aromatic heterocycles. The fraction of sp³-hybridized carbons (Fsp3) is 0.857. The fourth-order valence-corrected chi connectivity index (χ4v) is 0.795. The van der Waals surface area contributed by atoms with Gasteiger partial charge in [-0.2, -0.15) is 4.58 Å². The Balaban J connectivity index is 4.47. The lowest BCUT2D eigenvalue weighted by Crippen LogP contribution is -2.42. The molecule has 0 heterocycles. The van der Waals surface area contributed by atoms with Crippen LogP contribution >= 0.6 is 12.6 Å². The highest BCUT2D eigenvalue weighted by Crippen LogP contribution is 1.97. The normalized spacial score (nSPS) is 15.0. The minimum atomic E-state index is 0.785. The van der Waals surface area contributed by atoms with Crippen LogP contribution in [0.3, 0.4) is 0 Å². The van der Waals surface area contributed by atoms with Gasteiger partial charge in [-0.05, 0) is 19.6 Å². The van der Waals surface area contributed by atoms with Crippen LogP contribution in [-0.4, -0.2) is 49.0 Å². The van der Waals surface area contributed by atoms with Crippen molar-refractivity contribution in [3.8, 4) is 0 Å². The number of thiol groups is 1. The molecule has 0 atom stereocenters. The topological polar surface area (TPSA) is 3.01 Å². The van der Waals surface area contributed by atoms with Crippen molar-refractivity contribution in [1.29, 1.82) is 0 Å². The van der Waals surface area contributed by atoms with Gasteiger partial charge in [-0.15, -0.1) is 0 Å². The lowest BCUT2D eigenvalue weighted by Gasteiger charge is -2.18. The standard InChI is InChI=1S/C7H17N2S/c1-6-8(2)7(10)9(3,4)5/h6H2,1-5H3/q+1/p+1. The minimum Gasteiger partial charge on any atom is -0.237 e. The Morgan fingerprint density at radius 2 is 1.80 bits per heavy atom. The van der Waals surface area contributed by atoms with Crippen LogP contribution in [0.4, 0.5) is 0 Å². The van der Waals surface area contributed by atoms with Crippen LogP contribution in [0.2, 0.25) is 0 Å².